The molecule has 150 valence electrons. The predicted molar refractivity (Wildman–Crippen MR) is 112 cm³/mol. The van der Waals surface area contributed by atoms with Crippen molar-refractivity contribution in [2.24, 2.45) is 0 Å². The van der Waals surface area contributed by atoms with Crippen LogP contribution in [0.25, 0.3) is 16.8 Å². The number of nitrogens with one attached hydrogen (secondary N) is 1. The lowest BCUT2D eigenvalue weighted by molar-refractivity contribution is 0.181. The number of fused-ring (bicyclic) bond motifs is 1. The molecular formula is C22H25N5O2. The third-order valence-electron chi connectivity index (χ3n) is 5.12. The molecule has 7 heteroatoms. The summed E-state index contributed by atoms with van der Waals surface area (Å²) in [5.41, 5.74) is 3.84. The van der Waals surface area contributed by atoms with Crippen LogP contribution < -0.4 is 5.56 Å². The first-order valence-corrected chi connectivity index (χ1v) is 9.73. The van der Waals surface area contributed by atoms with Gasteiger partial charge in [-0.15, -0.1) is 0 Å². The van der Waals surface area contributed by atoms with Crippen molar-refractivity contribution < 1.29 is 4.74 Å². The van der Waals surface area contributed by atoms with Gasteiger partial charge >= 0.3 is 0 Å². The zero-order chi connectivity index (χ0) is 20.5. The zero-order valence-corrected chi connectivity index (χ0v) is 17.1. The fraction of sp³-hybridized carbons (Fsp3) is 0.318. The first-order chi connectivity index (χ1) is 14.0. The van der Waals surface area contributed by atoms with Crippen LogP contribution in [0, 0.1) is 0 Å². The number of rotatable bonds is 6. The molecule has 0 radical (unpaired) electrons. The summed E-state index contributed by atoms with van der Waals surface area (Å²) >= 11 is 0. The summed E-state index contributed by atoms with van der Waals surface area (Å²) in [5, 5.41) is 3.16. The molecule has 0 saturated carbocycles. The van der Waals surface area contributed by atoms with Crippen molar-refractivity contribution in [2.45, 2.75) is 39.3 Å². The van der Waals surface area contributed by atoms with Crippen LogP contribution in [0.5, 0.6) is 0 Å². The van der Waals surface area contributed by atoms with E-state index in [9.17, 15) is 4.79 Å². The van der Waals surface area contributed by atoms with Gasteiger partial charge in [-0.2, -0.15) is 0 Å². The van der Waals surface area contributed by atoms with Gasteiger partial charge < -0.3 is 9.30 Å². The smallest absolute Gasteiger partial charge is 0.272 e. The van der Waals surface area contributed by atoms with E-state index in [0.717, 1.165) is 22.6 Å². The van der Waals surface area contributed by atoms with E-state index in [2.05, 4.69) is 28.5 Å². The molecule has 1 N–H and O–H groups in total. The van der Waals surface area contributed by atoms with Crippen LogP contribution in [0.1, 0.15) is 49.9 Å². The molecule has 7 nitrogen and oxygen atoms in total. The van der Waals surface area contributed by atoms with Crippen LogP contribution in [-0.4, -0.2) is 31.3 Å². The SMILES string of the molecule is COCc1[nH]n2c(=O)cc([C@H](C)n3ccnc3C(C)C)nc2c1-c1ccccc1. The summed E-state index contributed by atoms with van der Waals surface area (Å²) in [6, 6.07) is 11.4. The molecule has 0 aliphatic heterocycles. The normalized spacial score (nSPS) is 12.7. The van der Waals surface area contributed by atoms with Gasteiger partial charge in [0.2, 0.25) is 0 Å². The van der Waals surface area contributed by atoms with E-state index in [-0.39, 0.29) is 17.5 Å². The van der Waals surface area contributed by atoms with E-state index in [1.54, 1.807) is 19.4 Å². The third kappa shape index (κ3) is 3.38. The number of hydrogen-bond acceptors (Lipinski definition) is 4. The zero-order valence-electron chi connectivity index (χ0n) is 17.1. The Hall–Kier alpha value is -3.19. The maximum absolute atomic E-state index is 12.9. The van der Waals surface area contributed by atoms with Crippen LogP contribution in [0.2, 0.25) is 0 Å². The van der Waals surface area contributed by atoms with Gasteiger partial charge in [0.25, 0.3) is 5.56 Å². The van der Waals surface area contributed by atoms with E-state index in [1.807, 2.05) is 43.5 Å². The predicted octanol–water partition coefficient (Wildman–Crippen LogP) is 3.77. The van der Waals surface area contributed by atoms with Crippen LogP contribution in [-0.2, 0) is 11.3 Å². The molecule has 0 aliphatic carbocycles. The minimum absolute atomic E-state index is 0.114. The van der Waals surface area contributed by atoms with Gasteiger partial charge in [-0.25, -0.2) is 14.5 Å². The highest BCUT2D eigenvalue weighted by Gasteiger charge is 2.21. The van der Waals surface area contributed by atoms with E-state index >= 15 is 0 Å². The molecule has 0 aliphatic rings. The van der Waals surface area contributed by atoms with Crippen molar-refractivity contribution in [3.05, 3.63) is 76.4 Å². The van der Waals surface area contributed by atoms with E-state index in [4.69, 9.17) is 9.72 Å². The van der Waals surface area contributed by atoms with E-state index in [1.165, 1.54) is 4.52 Å². The lowest BCUT2D eigenvalue weighted by Gasteiger charge is -2.17. The monoisotopic (exact) mass is 391 g/mol. The molecular weight excluding hydrogens is 366 g/mol. The first kappa shape index (κ1) is 19.1. The number of methoxy groups -OCH3 is 1. The highest BCUT2D eigenvalue weighted by atomic mass is 16.5. The van der Waals surface area contributed by atoms with Gasteiger partial charge in [0, 0.05) is 37.1 Å². The topological polar surface area (TPSA) is 77.2 Å². The van der Waals surface area contributed by atoms with Crippen molar-refractivity contribution in [2.75, 3.05) is 7.11 Å². The molecule has 1 aromatic carbocycles. The summed E-state index contributed by atoms with van der Waals surface area (Å²) in [6.07, 6.45) is 3.73. The molecule has 4 aromatic rings. The molecule has 4 rings (SSSR count). The number of aromatic nitrogens is 5. The molecule has 0 bridgehead atoms. The molecule has 0 spiro atoms. The summed E-state index contributed by atoms with van der Waals surface area (Å²) in [7, 11) is 1.64. The van der Waals surface area contributed by atoms with Gasteiger partial charge in [-0.05, 0) is 12.5 Å². The molecule has 0 unspecified atom stereocenters. The number of ether oxygens (including phenoxy) is 1. The average Bonchev–Trinajstić information content (AvgIpc) is 3.33. The summed E-state index contributed by atoms with van der Waals surface area (Å²) in [6.45, 7) is 6.61. The van der Waals surface area contributed by atoms with Gasteiger partial charge in [0.1, 0.15) is 5.82 Å². The Morgan fingerprint density at radius 3 is 2.62 bits per heavy atom. The average molecular weight is 391 g/mol. The molecule has 0 amide bonds. The number of nitrogens with zero attached hydrogens (tertiary/aromatic N) is 4. The number of H-pyrrole nitrogens is 1. The summed E-state index contributed by atoms with van der Waals surface area (Å²) < 4.78 is 8.92. The number of hydrogen-bond donors (Lipinski definition) is 1. The Bertz CT molecular complexity index is 1190. The molecule has 0 fully saturated rings. The Morgan fingerprint density at radius 1 is 1.17 bits per heavy atom. The second-order valence-electron chi connectivity index (χ2n) is 7.47. The highest BCUT2D eigenvalue weighted by Crippen LogP contribution is 2.29. The lowest BCUT2D eigenvalue weighted by Crippen LogP contribution is -2.20. The Kier molecular flexibility index (Phi) is 5.07. The highest BCUT2D eigenvalue weighted by molar-refractivity contribution is 5.79. The Balaban J connectivity index is 1.92. The van der Waals surface area contributed by atoms with Crippen LogP contribution in [0.3, 0.4) is 0 Å². The fourth-order valence-corrected chi connectivity index (χ4v) is 3.71. The summed E-state index contributed by atoms with van der Waals surface area (Å²) in [5.74, 6) is 1.25. The lowest BCUT2D eigenvalue weighted by atomic mass is 10.1. The molecule has 3 heterocycles. The van der Waals surface area contributed by atoms with Crippen LogP contribution in [0.4, 0.5) is 0 Å². The Labute approximate surface area is 169 Å². The molecule has 3 aromatic heterocycles. The molecule has 0 saturated heterocycles. The van der Waals surface area contributed by atoms with Crippen LogP contribution in [0.15, 0.2) is 53.6 Å². The van der Waals surface area contributed by atoms with Crippen molar-refractivity contribution >= 4 is 5.65 Å². The minimum atomic E-state index is -0.150. The number of benzene rings is 1. The minimum Gasteiger partial charge on any atom is -0.378 e. The number of imidazole rings is 1. The van der Waals surface area contributed by atoms with Crippen molar-refractivity contribution in [3.63, 3.8) is 0 Å². The van der Waals surface area contributed by atoms with Crippen molar-refractivity contribution in [1.29, 1.82) is 0 Å². The fourth-order valence-electron chi connectivity index (χ4n) is 3.71. The first-order valence-electron chi connectivity index (χ1n) is 9.73. The third-order valence-corrected chi connectivity index (χ3v) is 5.12. The van der Waals surface area contributed by atoms with E-state index < -0.39 is 0 Å². The molecule has 1 atom stereocenters. The van der Waals surface area contributed by atoms with Crippen molar-refractivity contribution in [1.82, 2.24) is 24.1 Å². The maximum atomic E-state index is 12.9. The largest absolute Gasteiger partial charge is 0.378 e. The maximum Gasteiger partial charge on any atom is 0.272 e. The quantitative estimate of drug-likeness (QED) is 0.543. The standard InChI is InChI=1S/C22H25N5O2/c1-14(2)21-23-10-11-26(21)15(3)17-12-19(28)27-22(24-17)20(18(25-27)13-29-4)16-8-6-5-7-9-16/h5-12,14-15,25H,13H2,1-4H3/t15-/m0/s1. The van der Waals surface area contributed by atoms with Gasteiger partial charge in [0.05, 0.1) is 24.0 Å². The summed E-state index contributed by atoms with van der Waals surface area (Å²) in [4.78, 5) is 22.3. The second-order valence-corrected chi connectivity index (χ2v) is 7.47. The van der Waals surface area contributed by atoms with Crippen LogP contribution >= 0.6 is 0 Å². The Morgan fingerprint density at radius 2 is 1.93 bits per heavy atom. The second kappa shape index (κ2) is 7.67. The van der Waals surface area contributed by atoms with Gasteiger partial charge in [-0.1, -0.05) is 44.2 Å². The van der Waals surface area contributed by atoms with E-state index in [0.29, 0.717) is 17.9 Å². The molecule has 29 heavy (non-hydrogen) atoms. The van der Waals surface area contributed by atoms with Gasteiger partial charge in [-0.3, -0.25) is 9.89 Å². The van der Waals surface area contributed by atoms with Gasteiger partial charge in [0.15, 0.2) is 5.65 Å². The number of aromatic amines is 1. The van der Waals surface area contributed by atoms with Crippen molar-refractivity contribution in [3.8, 4) is 11.1 Å².